The average molecular weight is 158 g/mol. The molecular formula is C7H14N2O2. The predicted molar refractivity (Wildman–Crippen MR) is 41.0 cm³/mol. The third-order valence-corrected chi connectivity index (χ3v) is 1.91. The minimum absolute atomic E-state index is 0.322. The van der Waals surface area contributed by atoms with E-state index in [9.17, 15) is 4.79 Å². The smallest absolute Gasteiger partial charge is 0.323 e. The molecule has 0 bridgehead atoms. The Labute approximate surface area is 66.3 Å². The van der Waals surface area contributed by atoms with Crippen molar-refractivity contribution in [2.24, 2.45) is 5.73 Å². The zero-order valence-corrected chi connectivity index (χ0v) is 6.75. The van der Waals surface area contributed by atoms with Crippen LogP contribution < -0.4 is 5.73 Å². The van der Waals surface area contributed by atoms with Crippen molar-refractivity contribution in [2.45, 2.75) is 12.5 Å². The highest BCUT2D eigenvalue weighted by Gasteiger charge is 2.21. The highest BCUT2D eigenvalue weighted by molar-refractivity contribution is 5.75. The van der Waals surface area contributed by atoms with Gasteiger partial charge in [0.2, 0.25) is 0 Å². The molecule has 0 spiro atoms. The largest absolute Gasteiger partial charge is 0.468 e. The van der Waals surface area contributed by atoms with Crippen LogP contribution >= 0.6 is 0 Å². The van der Waals surface area contributed by atoms with Crippen LogP contribution in [0.15, 0.2) is 0 Å². The number of rotatable bonds is 3. The summed E-state index contributed by atoms with van der Waals surface area (Å²) in [6.07, 6.45) is 1.22. The maximum absolute atomic E-state index is 10.8. The van der Waals surface area contributed by atoms with Gasteiger partial charge in [0.25, 0.3) is 0 Å². The monoisotopic (exact) mass is 158 g/mol. The standard InChI is InChI=1S/C7H14N2O2/c1-11-7(10)6(8)5-9-3-2-4-9/h6H,2-5,8H2,1H3. The first kappa shape index (κ1) is 8.49. The highest BCUT2D eigenvalue weighted by Crippen LogP contribution is 2.05. The Balaban J connectivity index is 2.18. The number of nitrogens with two attached hydrogens (primary N) is 1. The first-order chi connectivity index (χ1) is 5.24. The molecule has 4 nitrogen and oxygen atoms in total. The molecule has 64 valence electrons. The first-order valence-electron chi connectivity index (χ1n) is 3.80. The van der Waals surface area contributed by atoms with Crippen molar-refractivity contribution in [3.63, 3.8) is 0 Å². The molecular weight excluding hydrogens is 144 g/mol. The van der Waals surface area contributed by atoms with E-state index in [-0.39, 0.29) is 5.97 Å². The molecule has 1 saturated heterocycles. The van der Waals surface area contributed by atoms with E-state index in [0.29, 0.717) is 6.54 Å². The molecule has 0 aliphatic carbocycles. The Morgan fingerprint density at radius 3 is 2.73 bits per heavy atom. The normalized spacial score (nSPS) is 20.5. The summed E-state index contributed by atoms with van der Waals surface area (Å²) in [7, 11) is 1.36. The second kappa shape index (κ2) is 3.69. The second-order valence-electron chi connectivity index (χ2n) is 2.78. The molecule has 0 saturated carbocycles. The van der Waals surface area contributed by atoms with E-state index in [4.69, 9.17) is 5.73 Å². The van der Waals surface area contributed by atoms with E-state index < -0.39 is 6.04 Å². The lowest BCUT2D eigenvalue weighted by Crippen LogP contribution is -2.48. The zero-order valence-electron chi connectivity index (χ0n) is 6.75. The number of carbonyl (C=O) groups excluding carboxylic acids is 1. The first-order valence-corrected chi connectivity index (χ1v) is 3.80. The molecule has 2 N–H and O–H groups in total. The lowest BCUT2D eigenvalue weighted by atomic mass is 10.2. The number of methoxy groups -OCH3 is 1. The van der Waals surface area contributed by atoms with E-state index >= 15 is 0 Å². The van der Waals surface area contributed by atoms with Crippen LogP contribution in [0.25, 0.3) is 0 Å². The van der Waals surface area contributed by atoms with Gasteiger partial charge in [-0.3, -0.25) is 4.79 Å². The molecule has 1 heterocycles. The Hall–Kier alpha value is -0.610. The number of ether oxygens (including phenoxy) is 1. The van der Waals surface area contributed by atoms with Crippen molar-refractivity contribution in [1.29, 1.82) is 0 Å². The number of carbonyl (C=O) groups is 1. The molecule has 1 rings (SSSR count). The molecule has 0 aromatic carbocycles. The van der Waals surface area contributed by atoms with E-state index in [2.05, 4.69) is 9.64 Å². The van der Waals surface area contributed by atoms with Crippen molar-refractivity contribution in [3.05, 3.63) is 0 Å². The Morgan fingerprint density at radius 2 is 2.36 bits per heavy atom. The number of nitrogens with zero attached hydrogens (tertiary/aromatic N) is 1. The fourth-order valence-electron chi connectivity index (χ4n) is 1.07. The maximum atomic E-state index is 10.8. The SMILES string of the molecule is COC(=O)C(N)CN1CCC1. The van der Waals surface area contributed by atoms with Crippen molar-refractivity contribution in [1.82, 2.24) is 4.90 Å². The molecule has 1 aliphatic heterocycles. The molecule has 4 heteroatoms. The molecule has 1 atom stereocenters. The summed E-state index contributed by atoms with van der Waals surface area (Å²) in [5.74, 6) is -0.322. The molecule has 0 amide bonds. The van der Waals surface area contributed by atoms with E-state index in [0.717, 1.165) is 13.1 Å². The van der Waals surface area contributed by atoms with Crippen LogP contribution in [-0.2, 0) is 9.53 Å². The van der Waals surface area contributed by atoms with Crippen LogP contribution in [0.1, 0.15) is 6.42 Å². The fraction of sp³-hybridized carbons (Fsp3) is 0.857. The molecule has 0 aromatic heterocycles. The summed E-state index contributed by atoms with van der Waals surface area (Å²) in [4.78, 5) is 13.0. The quantitative estimate of drug-likeness (QED) is 0.546. The number of esters is 1. The summed E-state index contributed by atoms with van der Waals surface area (Å²) in [5, 5.41) is 0. The highest BCUT2D eigenvalue weighted by atomic mass is 16.5. The second-order valence-corrected chi connectivity index (χ2v) is 2.78. The molecule has 1 fully saturated rings. The summed E-state index contributed by atoms with van der Waals surface area (Å²) in [6.45, 7) is 2.75. The van der Waals surface area contributed by atoms with Gasteiger partial charge in [0.15, 0.2) is 0 Å². The number of hydrogen-bond acceptors (Lipinski definition) is 4. The van der Waals surface area contributed by atoms with Gasteiger partial charge in [-0.1, -0.05) is 0 Å². The molecule has 0 aromatic rings. The lowest BCUT2D eigenvalue weighted by molar-refractivity contribution is -0.142. The Bertz CT molecular complexity index is 145. The van der Waals surface area contributed by atoms with Crippen LogP contribution in [0.3, 0.4) is 0 Å². The van der Waals surface area contributed by atoms with Gasteiger partial charge in [0, 0.05) is 6.54 Å². The van der Waals surface area contributed by atoms with Crippen molar-refractivity contribution in [3.8, 4) is 0 Å². The summed E-state index contributed by atoms with van der Waals surface area (Å²) in [6, 6.07) is -0.472. The Morgan fingerprint density at radius 1 is 1.73 bits per heavy atom. The molecule has 0 radical (unpaired) electrons. The zero-order chi connectivity index (χ0) is 8.27. The summed E-state index contributed by atoms with van der Waals surface area (Å²) in [5.41, 5.74) is 5.52. The van der Waals surface area contributed by atoms with Gasteiger partial charge in [-0.05, 0) is 19.5 Å². The fourth-order valence-corrected chi connectivity index (χ4v) is 1.07. The van der Waals surface area contributed by atoms with Crippen LogP contribution in [0.2, 0.25) is 0 Å². The van der Waals surface area contributed by atoms with Crippen LogP contribution in [0.4, 0.5) is 0 Å². The van der Waals surface area contributed by atoms with Crippen molar-refractivity contribution in [2.75, 3.05) is 26.7 Å². The minimum Gasteiger partial charge on any atom is -0.468 e. The van der Waals surface area contributed by atoms with Gasteiger partial charge in [-0.15, -0.1) is 0 Å². The van der Waals surface area contributed by atoms with Gasteiger partial charge in [0.1, 0.15) is 6.04 Å². The number of likely N-dealkylation sites (tertiary alicyclic amines) is 1. The average Bonchev–Trinajstić information content (AvgIpc) is 1.94. The molecule has 11 heavy (non-hydrogen) atoms. The van der Waals surface area contributed by atoms with Crippen LogP contribution in [0.5, 0.6) is 0 Å². The molecule has 1 aliphatic rings. The van der Waals surface area contributed by atoms with Crippen LogP contribution in [0, 0.1) is 0 Å². The Kier molecular flexibility index (Phi) is 2.84. The predicted octanol–water partition coefficient (Wildman–Crippen LogP) is -0.808. The van der Waals surface area contributed by atoms with Gasteiger partial charge in [-0.2, -0.15) is 0 Å². The van der Waals surface area contributed by atoms with Gasteiger partial charge >= 0.3 is 5.97 Å². The van der Waals surface area contributed by atoms with Crippen molar-refractivity contribution >= 4 is 5.97 Å². The van der Waals surface area contributed by atoms with Gasteiger partial charge in [-0.25, -0.2) is 0 Å². The number of hydrogen-bond donors (Lipinski definition) is 1. The third-order valence-electron chi connectivity index (χ3n) is 1.91. The van der Waals surface area contributed by atoms with E-state index in [1.165, 1.54) is 13.5 Å². The topological polar surface area (TPSA) is 55.6 Å². The maximum Gasteiger partial charge on any atom is 0.323 e. The van der Waals surface area contributed by atoms with E-state index in [1.54, 1.807) is 0 Å². The minimum atomic E-state index is -0.472. The third kappa shape index (κ3) is 2.17. The van der Waals surface area contributed by atoms with E-state index in [1.807, 2.05) is 0 Å². The summed E-state index contributed by atoms with van der Waals surface area (Å²) < 4.78 is 4.49. The van der Waals surface area contributed by atoms with Gasteiger partial charge in [0.05, 0.1) is 7.11 Å². The summed E-state index contributed by atoms with van der Waals surface area (Å²) >= 11 is 0. The molecule has 1 unspecified atom stereocenters. The van der Waals surface area contributed by atoms with Crippen LogP contribution in [-0.4, -0.2) is 43.7 Å². The van der Waals surface area contributed by atoms with Crippen molar-refractivity contribution < 1.29 is 9.53 Å². The van der Waals surface area contributed by atoms with Gasteiger partial charge < -0.3 is 15.4 Å². The lowest BCUT2D eigenvalue weighted by Gasteiger charge is -2.31.